The molecule has 0 aliphatic rings. The Labute approximate surface area is 72.5 Å². The monoisotopic (exact) mass is 189 g/mol. The standard InChI is InChI=1S/C6H7NO6/c7-3(6(11)12)1-4(9)13-5(10)2-8/h2-3H,1,7H2,(H,11,12)/t3-/m0/s1. The summed E-state index contributed by atoms with van der Waals surface area (Å²) >= 11 is 0. The summed E-state index contributed by atoms with van der Waals surface area (Å²) < 4.78 is 3.83. The van der Waals surface area contributed by atoms with Gasteiger partial charge in [0.25, 0.3) is 0 Å². The van der Waals surface area contributed by atoms with Crippen LogP contribution in [0.25, 0.3) is 0 Å². The van der Waals surface area contributed by atoms with E-state index in [2.05, 4.69) is 4.74 Å². The fourth-order valence-electron chi connectivity index (χ4n) is 0.445. The SMILES string of the molecule is N[C@@H](CC(=O)OC(=O)C=O)C(=O)O. The number of aliphatic carboxylic acids is 1. The molecular formula is C6H7NO6. The molecule has 0 saturated carbocycles. The number of hydrogen-bond acceptors (Lipinski definition) is 6. The predicted octanol–water partition coefficient (Wildman–Crippen LogP) is -1.94. The number of hydrogen-bond donors (Lipinski definition) is 2. The van der Waals surface area contributed by atoms with Gasteiger partial charge in [-0.1, -0.05) is 0 Å². The van der Waals surface area contributed by atoms with E-state index in [9.17, 15) is 19.2 Å². The van der Waals surface area contributed by atoms with Gasteiger partial charge in [-0.2, -0.15) is 0 Å². The number of nitrogens with two attached hydrogens (primary N) is 1. The molecule has 0 rings (SSSR count). The molecule has 0 amide bonds. The lowest BCUT2D eigenvalue weighted by Gasteiger charge is -2.03. The topological polar surface area (TPSA) is 124 Å². The zero-order valence-electron chi connectivity index (χ0n) is 6.43. The fourth-order valence-corrected chi connectivity index (χ4v) is 0.445. The third-order valence-electron chi connectivity index (χ3n) is 1.01. The summed E-state index contributed by atoms with van der Waals surface area (Å²) in [5, 5.41) is 8.23. The van der Waals surface area contributed by atoms with E-state index in [4.69, 9.17) is 10.8 Å². The molecule has 0 saturated heterocycles. The molecule has 0 radical (unpaired) electrons. The molecule has 3 N–H and O–H groups in total. The highest BCUT2D eigenvalue weighted by molar-refractivity contribution is 6.22. The van der Waals surface area contributed by atoms with Gasteiger partial charge in [0.1, 0.15) is 6.04 Å². The van der Waals surface area contributed by atoms with Crippen LogP contribution in [-0.2, 0) is 23.9 Å². The highest BCUT2D eigenvalue weighted by Crippen LogP contribution is 1.92. The highest BCUT2D eigenvalue weighted by Gasteiger charge is 2.19. The summed E-state index contributed by atoms with van der Waals surface area (Å²) in [6.45, 7) is 0. The van der Waals surface area contributed by atoms with Gasteiger partial charge in [-0.15, -0.1) is 0 Å². The molecule has 0 aromatic carbocycles. The summed E-state index contributed by atoms with van der Waals surface area (Å²) in [5.41, 5.74) is 4.93. The van der Waals surface area contributed by atoms with Gasteiger partial charge in [0.15, 0.2) is 0 Å². The molecule has 0 aliphatic heterocycles. The number of carbonyl (C=O) groups is 4. The van der Waals surface area contributed by atoms with Gasteiger partial charge in [-0.25, -0.2) is 4.79 Å². The minimum Gasteiger partial charge on any atom is -0.480 e. The van der Waals surface area contributed by atoms with Crippen LogP contribution in [0.15, 0.2) is 0 Å². The Morgan fingerprint density at radius 3 is 2.38 bits per heavy atom. The van der Waals surface area contributed by atoms with Crippen LogP contribution in [0.1, 0.15) is 6.42 Å². The van der Waals surface area contributed by atoms with Crippen LogP contribution < -0.4 is 5.73 Å². The predicted molar refractivity (Wildman–Crippen MR) is 37.4 cm³/mol. The van der Waals surface area contributed by atoms with Crippen molar-refractivity contribution in [1.82, 2.24) is 0 Å². The van der Waals surface area contributed by atoms with Gasteiger partial charge in [0.2, 0.25) is 6.29 Å². The third kappa shape index (κ3) is 4.64. The number of rotatable bonds is 4. The lowest BCUT2D eigenvalue weighted by molar-refractivity contribution is -0.162. The Balaban J connectivity index is 3.94. The maximum absolute atomic E-state index is 10.6. The summed E-state index contributed by atoms with van der Waals surface area (Å²) in [6.07, 6.45) is -0.862. The van der Waals surface area contributed by atoms with Gasteiger partial charge < -0.3 is 15.6 Å². The van der Waals surface area contributed by atoms with Crippen LogP contribution in [0.2, 0.25) is 0 Å². The van der Waals surface area contributed by atoms with Crippen molar-refractivity contribution >= 4 is 24.2 Å². The molecule has 0 spiro atoms. The fraction of sp³-hybridized carbons (Fsp3) is 0.333. The Morgan fingerprint density at radius 2 is 2.00 bits per heavy atom. The van der Waals surface area contributed by atoms with E-state index in [1.54, 1.807) is 0 Å². The van der Waals surface area contributed by atoms with Crippen LogP contribution in [0.5, 0.6) is 0 Å². The number of carbonyl (C=O) groups excluding carboxylic acids is 3. The quantitative estimate of drug-likeness (QED) is 0.228. The van der Waals surface area contributed by atoms with Crippen LogP contribution in [0, 0.1) is 0 Å². The maximum Gasteiger partial charge on any atom is 0.378 e. The molecule has 7 heteroatoms. The Morgan fingerprint density at radius 1 is 1.46 bits per heavy atom. The Hall–Kier alpha value is -1.76. The highest BCUT2D eigenvalue weighted by atomic mass is 16.6. The summed E-state index contributed by atoms with van der Waals surface area (Å²) in [4.78, 5) is 40.5. The summed E-state index contributed by atoms with van der Waals surface area (Å²) in [5.74, 6) is -3.91. The van der Waals surface area contributed by atoms with Crippen molar-refractivity contribution in [2.75, 3.05) is 0 Å². The average molecular weight is 189 g/mol. The molecular weight excluding hydrogens is 182 g/mol. The van der Waals surface area contributed by atoms with Crippen molar-refractivity contribution in [2.45, 2.75) is 12.5 Å². The molecule has 0 aromatic rings. The minimum atomic E-state index is -1.44. The first kappa shape index (κ1) is 11.2. The second kappa shape index (κ2) is 4.99. The Kier molecular flexibility index (Phi) is 4.31. The second-order valence-corrected chi connectivity index (χ2v) is 2.06. The van der Waals surface area contributed by atoms with Crippen molar-refractivity contribution in [1.29, 1.82) is 0 Å². The molecule has 0 heterocycles. The van der Waals surface area contributed by atoms with Crippen LogP contribution in [-0.4, -0.2) is 35.3 Å². The van der Waals surface area contributed by atoms with Gasteiger partial charge >= 0.3 is 17.9 Å². The van der Waals surface area contributed by atoms with Gasteiger partial charge in [-0.3, -0.25) is 14.4 Å². The van der Waals surface area contributed by atoms with Crippen LogP contribution in [0.3, 0.4) is 0 Å². The molecule has 0 aliphatic carbocycles. The first-order valence-electron chi connectivity index (χ1n) is 3.15. The van der Waals surface area contributed by atoms with Crippen molar-refractivity contribution in [3.05, 3.63) is 0 Å². The van der Waals surface area contributed by atoms with Crippen molar-refractivity contribution in [2.24, 2.45) is 5.73 Å². The smallest absolute Gasteiger partial charge is 0.378 e. The molecule has 0 unspecified atom stereocenters. The normalized spacial score (nSPS) is 11.5. The lowest BCUT2D eigenvalue weighted by Crippen LogP contribution is -2.33. The van der Waals surface area contributed by atoms with E-state index in [0.717, 1.165) is 0 Å². The van der Waals surface area contributed by atoms with Crippen molar-refractivity contribution in [3.63, 3.8) is 0 Å². The van der Waals surface area contributed by atoms with E-state index in [-0.39, 0.29) is 6.29 Å². The van der Waals surface area contributed by atoms with E-state index in [1.165, 1.54) is 0 Å². The van der Waals surface area contributed by atoms with Crippen LogP contribution >= 0.6 is 0 Å². The molecule has 0 aromatic heterocycles. The van der Waals surface area contributed by atoms with Gasteiger partial charge in [0, 0.05) is 0 Å². The number of aldehydes is 1. The maximum atomic E-state index is 10.6. The van der Waals surface area contributed by atoms with Gasteiger partial charge in [-0.05, 0) is 0 Å². The number of esters is 2. The first-order chi connectivity index (χ1) is 5.97. The molecule has 1 atom stereocenters. The second-order valence-electron chi connectivity index (χ2n) is 2.06. The first-order valence-corrected chi connectivity index (χ1v) is 3.15. The minimum absolute atomic E-state index is 0.204. The molecule has 13 heavy (non-hydrogen) atoms. The lowest BCUT2D eigenvalue weighted by atomic mass is 10.2. The van der Waals surface area contributed by atoms with E-state index < -0.39 is 30.4 Å². The zero-order valence-corrected chi connectivity index (χ0v) is 6.43. The average Bonchev–Trinajstić information content (AvgIpc) is 2.03. The van der Waals surface area contributed by atoms with E-state index in [1.807, 2.05) is 0 Å². The largest absolute Gasteiger partial charge is 0.480 e. The number of ether oxygens (including phenoxy) is 1. The zero-order chi connectivity index (χ0) is 10.4. The van der Waals surface area contributed by atoms with Crippen molar-refractivity contribution in [3.8, 4) is 0 Å². The van der Waals surface area contributed by atoms with Crippen LogP contribution in [0.4, 0.5) is 0 Å². The molecule has 7 nitrogen and oxygen atoms in total. The summed E-state index contributed by atoms with van der Waals surface area (Å²) in [6, 6.07) is -1.44. The third-order valence-corrected chi connectivity index (χ3v) is 1.01. The van der Waals surface area contributed by atoms with Crippen molar-refractivity contribution < 1.29 is 29.0 Å². The van der Waals surface area contributed by atoms with Gasteiger partial charge in [0.05, 0.1) is 6.42 Å². The summed E-state index contributed by atoms with van der Waals surface area (Å²) in [7, 11) is 0. The molecule has 72 valence electrons. The molecule has 0 bridgehead atoms. The van der Waals surface area contributed by atoms with E-state index >= 15 is 0 Å². The Bertz CT molecular complexity index is 248. The van der Waals surface area contributed by atoms with E-state index in [0.29, 0.717) is 0 Å². The number of carboxylic acids is 1. The molecule has 0 fully saturated rings. The number of carboxylic acid groups (broad SMARTS) is 1.